The van der Waals surface area contributed by atoms with Gasteiger partial charge in [-0.25, -0.2) is 28.9 Å². The number of nitrogens with one attached hydrogen (secondary N) is 1. The Bertz CT molecular complexity index is 1430. The minimum Gasteiger partial charge on any atom is -0.475 e. The molecule has 0 saturated carbocycles. The largest absolute Gasteiger partial charge is 0.490 e. The van der Waals surface area contributed by atoms with E-state index >= 15 is 0 Å². The number of fused-ring (bicyclic) bond motifs is 1. The third kappa shape index (κ3) is 9.03. The molecule has 0 spiro atoms. The monoisotopic (exact) mass is 575 g/mol. The molecule has 0 bridgehead atoms. The van der Waals surface area contributed by atoms with E-state index in [1.54, 1.807) is 35.0 Å². The maximum Gasteiger partial charge on any atom is 0.490 e. The fourth-order valence-corrected chi connectivity index (χ4v) is 2.67. The van der Waals surface area contributed by atoms with Gasteiger partial charge < -0.3 is 15.5 Å². The van der Waals surface area contributed by atoms with Gasteiger partial charge in [-0.3, -0.25) is 9.20 Å². The third-order valence-electron chi connectivity index (χ3n) is 4.38. The molecule has 40 heavy (non-hydrogen) atoms. The van der Waals surface area contributed by atoms with E-state index in [0.717, 1.165) is 5.56 Å². The molecule has 212 valence electrons. The van der Waals surface area contributed by atoms with Crippen molar-refractivity contribution in [1.29, 1.82) is 0 Å². The van der Waals surface area contributed by atoms with Gasteiger partial charge in [0.05, 0.1) is 12.1 Å². The maximum atomic E-state index is 13.2. The van der Waals surface area contributed by atoms with Crippen LogP contribution in [0.1, 0.15) is 16.3 Å². The van der Waals surface area contributed by atoms with Gasteiger partial charge in [-0.05, 0) is 42.5 Å². The second-order valence-corrected chi connectivity index (χ2v) is 7.20. The summed E-state index contributed by atoms with van der Waals surface area (Å²) < 4.78 is 78.5. The van der Waals surface area contributed by atoms with Gasteiger partial charge in [0.15, 0.2) is 5.69 Å². The maximum absolute atomic E-state index is 13.2. The smallest absolute Gasteiger partial charge is 0.475 e. The van der Waals surface area contributed by atoms with E-state index in [4.69, 9.17) is 19.8 Å². The number of halogens is 7. The van der Waals surface area contributed by atoms with E-state index < -0.39 is 24.3 Å². The van der Waals surface area contributed by atoms with Crippen LogP contribution < -0.4 is 5.32 Å². The predicted molar refractivity (Wildman–Crippen MR) is 121 cm³/mol. The van der Waals surface area contributed by atoms with Crippen LogP contribution >= 0.6 is 0 Å². The highest BCUT2D eigenvalue weighted by molar-refractivity contribution is 6.00. The van der Waals surface area contributed by atoms with Crippen molar-refractivity contribution in [2.24, 2.45) is 0 Å². The molecule has 0 atom stereocenters. The first kappa shape index (κ1) is 31.1. The van der Waals surface area contributed by atoms with Crippen molar-refractivity contribution in [2.45, 2.75) is 18.9 Å². The zero-order chi connectivity index (χ0) is 30.1. The number of aromatic nitrogens is 4. The number of carbonyl (C=O) groups excluding carboxylic acids is 1. The SMILES string of the molecule is O=C(NCc1ncccn1)c1nc(-c2ccc(F)cc2)n2ccccc12.O=C(O)C(F)(F)F.O=C(O)C(F)(F)F. The fourth-order valence-electron chi connectivity index (χ4n) is 2.67. The van der Waals surface area contributed by atoms with Crippen molar-refractivity contribution in [3.05, 3.63) is 84.5 Å². The number of carboxylic acids is 2. The molecule has 0 radical (unpaired) electrons. The van der Waals surface area contributed by atoms with E-state index in [1.165, 1.54) is 12.1 Å². The molecule has 3 aromatic heterocycles. The van der Waals surface area contributed by atoms with Gasteiger partial charge in [0, 0.05) is 24.2 Å². The molecule has 0 fully saturated rings. The normalized spacial score (nSPS) is 11.0. The lowest BCUT2D eigenvalue weighted by Crippen LogP contribution is -2.24. The molecule has 3 heterocycles. The van der Waals surface area contributed by atoms with Crippen LogP contribution in [0, 0.1) is 5.82 Å². The summed E-state index contributed by atoms with van der Waals surface area (Å²) in [6.07, 6.45) is -5.11. The second kappa shape index (κ2) is 13.1. The van der Waals surface area contributed by atoms with E-state index in [-0.39, 0.29) is 18.3 Å². The first-order chi connectivity index (χ1) is 18.6. The number of alkyl halides is 6. The van der Waals surface area contributed by atoms with Crippen LogP contribution in [0.3, 0.4) is 0 Å². The Balaban J connectivity index is 0.000000333. The topological polar surface area (TPSA) is 147 Å². The van der Waals surface area contributed by atoms with E-state index in [0.29, 0.717) is 22.9 Å². The van der Waals surface area contributed by atoms with E-state index in [9.17, 15) is 35.5 Å². The number of pyridine rings is 1. The highest BCUT2D eigenvalue weighted by Crippen LogP contribution is 2.23. The Kier molecular flexibility index (Phi) is 10.2. The average molecular weight is 575 g/mol. The van der Waals surface area contributed by atoms with Gasteiger partial charge in [0.25, 0.3) is 5.91 Å². The molecule has 4 rings (SSSR count). The first-order valence-corrected chi connectivity index (χ1v) is 10.5. The van der Waals surface area contributed by atoms with Crippen LogP contribution in [0.2, 0.25) is 0 Å². The summed E-state index contributed by atoms with van der Waals surface area (Å²) in [5.74, 6) is -5.07. The number of rotatable bonds is 4. The number of hydrogen-bond acceptors (Lipinski definition) is 6. The Morgan fingerprint density at radius 1 is 0.825 bits per heavy atom. The molecule has 0 unspecified atom stereocenters. The molecule has 1 amide bonds. The molecule has 17 heteroatoms. The summed E-state index contributed by atoms with van der Waals surface area (Å²) in [7, 11) is 0. The summed E-state index contributed by atoms with van der Waals surface area (Å²) in [4.78, 5) is 43.1. The number of hydrogen-bond donors (Lipinski definition) is 3. The van der Waals surface area contributed by atoms with Crippen LogP contribution in [0.5, 0.6) is 0 Å². The van der Waals surface area contributed by atoms with Crippen LogP contribution in [-0.4, -0.2) is 59.8 Å². The van der Waals surface area contributed by atoms with Crippen LogP contribution in [0.4, 0.5) is 30.7 Å². The van der Waals surface area contributed by atoms with Crippen molar-refractivity contribution >= 4 is 23.4 Å². The van der Waals surface area contributed by atoms with Gasteiger partial charge in [-0.2, -0.15) is 26.3 Å². The summed E-state index contributed by atoms with van der Waals surface area (Å²) in [5, 5.41) is 17.0. The predicted octanol–water partition coefficient (Wildman–Crippen LogP) is 4.13. The summed E-state index contributed by atoms with van der Waals surface area (Å²) >= 11 is 0. The molecule has 0 saturated heterocycles. The third-order valence-corrected chi connectivity index (χ3v) is 4.38. The number of amides is 1. The molecule has 10 nitrogen and oxygen atoms in total. The summed E-state index contributed by atoms with van der Waals surface area (Å²) in [6.45, 7) is 0.206. The number of carbonyl (C=O) groups is 3. The lowest BCUT2D eigenvalue weighted by Gasteiger charge is -2.02. The summed E-state index contributed by atoms with van der Waals surface area (Å²) in [6, 6.07) is 13.2. The second-order valence-electron chi connectivity index (χ2n) is 7.20. The quantitative estimate of drug-likeness (QED) is 0.308. The molecule has 0 aliphatic heterocycles. The van der Waals surface area contributed by atoms with Crippen LogP contribution in [0.15, 0.2) is 67.1 Å². The lowest BCUT2D eigenvalue weighted by atomic mass is 10.2. The van der Waals surface area contributed by atoms with Gasteiger partial charge in [0.1, 0.15) is 17.5 Å². The minimum absolute atomic E-state index is 0.206. The van der Waals surface area contributed by atoms with Crippen molar-refractivity contribution in [1.82, 2.24) is 24.7 Å². The van der Waals surface area contributed by atoms with Gasteiger partial charge in [-0.15, -0.1) is 0 Å². The Morgan fingerprint density at radius 2 is 1.35 bits per heavy atom. The van der Waals surface area contributed by atoms with E-state index in [2.05, 4.69) is 20.3 Å². The molecule has 4 aromatic rings. The molecule has 0 aliphatic rings. The van der Waals surface area contributed by atoms with E-state index in [1.807, 2.05) is 24.4 Å². The van der Waals surface area contributed by atoms with Crippen LogP contribution in [-0.2, 0) is 16.1 Å². The standard InChI is InChI=1S/C19H14FN5O.2C2HF3O2/c20-14-7-5-13(6-8-14)18-24-17(15-4-1-2-11-25(15)18)19(26)23-12-16-21-9-3-10-22-16;2*3-2(4,5)1(6)7/h1-11H,12H2,(H,23,26);2*(H,6,7). The number of aliphatic carboxylic acids is 2. The van der Waals surface area contributed by atoms with Crippen molar-refractivity contribution in [3.63, 3.8) is 0 Å². The van der Waals surface area contributed by atoms with Gasteiger partial charge >= 0.3 is 24.3 Å². The Hall–Kier alpha value is -5.09. The molecular weight excluding hydrogens is 559 g/mol. The Labute approximate surface area is 218 Å². The van der Waals surface area contributed by atoms with Crippen molar-refractivity contribution in [2.75, 3.05) is 0 Å². The van der Waals surface area contributed by atoms with Crippen molar-refractivity contribution in [3.8, 4) is 11.4 Å². The molecular formula is C23H16F7N5O5. The number of nitrogens with zero attached hydrogens (tertiary/aromatic N) is 4. The Morgan fingerprint density at radius 3 is 1.85 bits per heavy atom. The van der Waals surface area contributed by atoms with Crippen molar-refractivity contribution < 1.29 is 55.3 Å². The van der Waals surface area contributed by atoms with Gasteiger partial charge in [-0.1, -0.05) is 6.07 Å². The van der Waals surface area contributed by atoms with Gasteiger partial charge in [0.2, 0.25) is 0 Å². The lowest BCUT2D eigenvalue weighted by molar-refractivity contribution is -0.193. The average Bonchev–Trinajstić information content (AvgIpc) is 3.28. The van der Waals surface area contributed by atoms with Crippen LogP contribution in [0.25, 0.3) is 16.9 Å². The molecule has 1 aromatic carbocycles. The zero-order valence-electron chi connectivity index (χ0n) is 19.6. The highest BCUT2D eigenvalue weighted by Gasteiger charge is 2.38. The summed E-state index contributed by atoms with van der Waals surface area (Å²) in [5.41, 5.74) is 1.68. The zero-order valence-corrected chi connectivity index (χ0v) is 19.6. The molecule has 0 aliphatic carbocycles. The number of imidazole rings is 1. The minimum atomic E-state index is -5.08. The number of benzene rings is 1. The number of carboxylic acid groups (broad SMARTS) is 2. The highest BCUT2D eigenvalue weighted by atomic mass is 19.4. The fraction of sp³-hybridized carbons (Fsp3) is 0.130. The first-order valence-electron chi connectivity index (χ1n) is 10.5. The molecule has 3 N–H and O–H groups in total.